The van der Waals surface area contributed by atoms with Crippen LogP contribution in [0.5, 0.6) is 0 Å². The number of thioether (sulfide) groups is 1. The molecule has 3 aromatic rings. The molecule has 0 N–H and O–H groups in total. The molecule has 0 aliphatic carbocycles. The molecule has 124 valence electrons. The van der Waals surface area contributed by atoms with Gasteiger partial charge in [-0.25, -0.2) is 9.07 Å². The van der Waals surface area contributed by atoms with Crippen LogP contribution in [0.25, 0.3) is 5.69 Å². The number of aromatic nitrogens is 2. The molecule has 1 heterocycles. The highest BCUT2D eigenvalue weighted by atomic mass is 35.5. The Bertz CT molecular complexity index is 935. The zero-order valence-electron chi connectivity index (χ0n) is 11.8. The lowest BCUT2D eigenvalue weighted by Crippen LogP contribution is -1.96. The number of nitrogens with zero attached hydrogens (tertiary/aromatic N) is 2. The quantitative estimate of drug-likeness (QED) is 0.321. The van der Waals surface area contributed by atoms with E-state index in [0.29, 0.717) is 34.7 Å². The van der Waals surface area contributed by atoms with E-state index in [0.717, 1.165) is 5.69 Å². The smallest absolute Gasteiger partial charge is 0.184 e. The minimum atomic E-state index is -0.331. The molecular formula is C15H8Cl3FN2S3. The van der Waals surface area contributed by atoms with Crippen molar-refractivity contribution >= 4 is 70.1 Å². The summed E-state index contributed by atoms with van der Waals surface area (Å²) in [4.78, 5) is 0. The minimum absolute atomic E-state index is 0.331. The number of benzene rings is 2. The Hall–Kier alpha value is -0.630. The summed E-state index contributed by atoms with van der Waals surface area (Å²) < 4.78 is 16.7. The summed E-state index contributed by atoms with van der Waals surface area (Å²) >= 11 is 26.1. The molecule has 0 aliphatic heterocycles. The molecule has 0 saturated heterocycles. The van der Waals surface area contributed by atoms with Gasteiger partial charge in [0.05, 0.1) is 15.7 Å². The van der Waals surface area contributed by atoms with E-state index < -0.39 is 0 Å². The van der Waals surface area contributed by atoms with Gasteiger partial charge in [-0.1, -0.05) is 64.0 Å². The summed E-state index contributed by atoms with van der Waals surface area (Å²) in [6, 6.07) is 9.80. The molecule has 2 nitrogen and oxygen atoms in total. The fourth-order valence-corrected chi connectivity index (χ4v) is 4.90. The van der Waals surface area contributed by atoms with Crippen molar-refractivity contribution < 1.29 is 4.39 Å². The lowest BCUT2D eigenvalue weighted by Gasteiger charge is -2.04. The average Bonchev–Trinajstić information content (AvgIpc) is 2.90. The van der Waals surface area contributed by atoms with Crippen LogP contribution < -0.4 is 0 Å². The summed E-state index contributed by atoms with van der Waals surface area (Å²) in [5.74, 6) is 0.0392. The molecule has 0 spiro atoms. The predicted molar refractivity (Wildman–Crippen MR) is 103 cm³/mol. The molecule has 1 aromatic heterocycles. The van der Waals surface area contributed by atoms with Gasteiger partial charge in [-0.2, -0.15) is 0 Å². The standard InChI is InChI=1S/C15H8Cl3FN2S3/c16-10-2-1-3-13(19)9(10)7-23-14-20-21(15(22)24-14)8-4-5-11(17)12(18)6-8/h1-6H,7H2. The maximum Gasteiger partial charge on any atom is 0.184 e. The lowest BCUT2D eigenvalue weighted by molar-refractivity contribution is 0.617. The fraction of sp³-hybridized carbons (Fsp3) is 0.0667. The van der Waals surface area contributed by atoms with Gasteiger partial charge in [-0.3, -0.25) is 0 Å². The van der Waals surface area contributed by atoms with Gasteiger partial charge in [0.2, 0.25) is 0 Å². The monoisotopic (exact) mass is 436 g/mol. The molecule has 24 heavy (non-hydrogen) atoms. The van der Waals surface area contributed by atoms with E-state index in [4.69, 9.17) is 47.0 Å². The Kier molecular flexibility index (Phi) is 5.85. The molecule has 3 rings (SSSR count). The first-order valence-corrected chi connectivity index (χ1v) is 9.91. The number of rotatable bonds is 4. The van der Waals surface area contributed by atoms with Crippen LogP contribution in [0.3, 0.4) is 0 Å². The van der Waals surface area contributed by atoms with Gasteiger partial charge in [-0.15, -0.1) is 5.10 Å². The van der Waals surface area contributed by atoms with Crippen LogP contribution in [0.15, 0.2) is 40.7 Å². The normalized spacial score (nSPS) is 11.0. The first-order chi connectivity index (χ1) is 11.5. The number of hydrogen-bond donors (Lipinski definition) is 0. The average molecular weight is 438 g/mol. The van der Waals surface area contributed by atoms with E-state index in [1.165, 1.54) is 29.2 Å². The molecule has 0 atom stereocenters. The van der Waals surface area contributed by atoms with Gasteiger partial charge >= 0.3 is 0 Å². The van der Waals surface area contributed by atoms with Gasteiger partial charge in [0, 0.05) is 16.3 Å². The SMILES string of the molecule is Fc1cccc(Cl)c1CSc1nn(-c2ccc(Cl)c(Cl)c2)c(=S)s1. The van der Waals surface area contributed by atoms with Crippen LogP contribution in [0.1, 0.15) is 5.56 Å². The van der Waals surface area contributed by atoms with Crippen molar-refractivity contribution in [2.24, 2.45) is 0 Å². The van der Waals surface area contributed by atoms with Crippen molar-refractivity contribution in [1.29, 1.82) is 0 Å². The van der Waals surface area contributed by atoms with Crippen molar-refractivity contribution in [2.45, 2.75) is 10.1 Å². The minimum Gasteiger partial charge on any atom is -0.211 e. The molecule has 0 amide bonds. The summed E-state index contributed by atoms with van der Waals surface area (Å²) in [5.41, 5.74) is 1.17. The van der Waals surface area contributed by atoms with Crippen molar-refractivity contribution in [1.82, 2.24) is 9.78 Å². The molecular weight excluding hydrogens is 430 g/mol. The Balaban J connectivity index is 1.84. The van der Waals surface area contributed by atoms with Crippen LogP contribution in [0.4, 0.5) is 4.39 Å². The van der Waals surface area contributed by atoms with Gasteiger partial charge in [0.25, 0.3) is 0 Å². The van der Waals surface area contributed by atoms with Gasteiger partial charge in [0.15, 0.2) is 8.29 Å². The zero-order valence-corrected chi connectivity index (χ0v) is 16.5. The van der Waals surface area contributed by atoms with E-state index in [9.17, 15) is 4.39 Å². The van der Waals surface area contributed by atoms with Crippen molar-refractivity contribution in [3.63, 3.8) is 0 Å². The predicted octanol–water partition coefficient (Wildman–Crippen LogP) is 7.05. The summed E-state index contributed by atoms with van der Waals surface area (Å²) in [6.45, 7) is 0. The zero-order chi connectivity index (χ0) is 17.3. The molecule has 0 fully saturated rings. The van der Waals surface area contributed by atoms with Gasteiger partial charge in [-0.05, 0) is 42.5 Å². The molecule has 2 aromatic carbocycles. The molecule has 0 saturated carbocycles. The first-order valence-electron chi connectivity index (χ1n) is 6.57. The van der Waals surface area contributed by atoms with E-state index in [2.05, 4.69) is 5.10 Å². The Morgan fingerprint density at radius 1 is 1.12 bits per heavy atom. The van der Waals surface area contributed by atoms with E-state index in [1.807, 2.05) is 0 Å². The second-order valence-electron chi connectivity index (χ2n) is 4.63. The summed E-state index contributed by atoms with van der Waals surface area (Å²) in [5, 5.41) is 5.74. The highest BCUT2D eigenvalue weighted by molar-refractivity contribution is 8.00. The second-order valence-corrected chi connectivity index (χ2v) is 8.70. The third-order valence-corrected chi connectivity index (χ3v) is 6.56. The van der Waals surface area contributed by atoms with Crippen molar-refractivity contribution in [3.05, 3.63) is 66.8 Å². The number of halogens is 4. The van der Waals surface area contributed by atoms with Crippen molar-refractivity contribution in [3.8, 4) is 5.69 Å². The largest absolute Gasteiger partial charge is 0.211 e. The molecule has 0 unspecified atom stereocenters. The topological polar surface area (TPSA) is 17.8 Å². The summed E-state index contributed by atoms with van der Waals surface area (Å²) in [6.07, 6.45) is 0. The highest BCUT2D eigenvalue weighted by Crippen LogP contribution is 2.31. The first kappa shape index (κ1) is 18.2. The van der Waals surface area contributed by atoms with Crippen molar-refractivity contribution in [2.75, 3.05) is 0 Å². The Morgan fingerprint density at radius 2 is 1.92 bits per heavy atom. The second kappa shape index (κ2) is 7.72. The maximum absolute atomic E-state index is 13.8. The van der Waals surface area contributed by atoms with Gasteiger partial charge in [0.1, 0.15) is 5.82 Å². The third kappa shape index (κ3) is 3.95. The van der Waals surface area contributed by atoms with Crippen LogP contribution in [0, 0.1) is 9.77 Å². The van der Waals surface area contributed by atoms with Gasteiger partial charge < -0.3 is 0 Å². The van der Waals surface area contributed by atoms with Crippen LogP contribution in [-0.2, 0) is 5.75 Å². The fourth-order valence-electron chi connectivity index (χ4n) is 1.90. The molecule has 0 aliphatic rings. The van der Waals surface area contributed by atoms with Crippen LogP contribution >= 0.6 is 70.1 Å². The van der Waals surface area contributed by atoms with E-state index >= 15 is 0 Å². The molecule has 0 radical (unpaired) electrons. The third-order valence-electron chi connectivity index (χ3n) is 3.08. The maximum atomic E-state index is 13.8. The van der Waals surface area contributed by atoms with Crippen LogP contribution in [0.2, 0.25) is 15.1 Å². The molecule has 9 heteroatoms. The van der Waals surface area contributed by atoms with Crippen LogP contribution in [-0.4, -0.2) is 9.78 Å². The Morgan fingerprint density at radius 3 is 2.62 bits per heavy atom. The summed E-state index contributed by atoms with van der Waals surface area (Å²) in [7, 11) is 0. The van der Waals surface area contributed by atoms with E-state index in [1.54, 1.807) is 35.0 Å². The molecule has 0 bridgehead atoms. The number of hydrogen-bond acceptors (Lipinski definition) is 4. The lowest BCUT2D eigenvalue weighted by atomic mass is 10.2. The van der Waals surface area contributed by atoms with E-state index in [-0.39, 0.29) is 5.82 Å². The highest BCUT2D eigenvalue weighted by Gasteiger charge is 2.11. The Labute approximate surface area is 166 Å².